The summed E-state index contributed by atoms with van der Waals surface area (Å²) in [5.74, 6) is 2.57. The lowest BCUT2D eigenvalue weighted by molar-refractivity contribution is 0.620. The van der Waals surface area contributed by atoms with Crippen LogP contribution in [-0.2, 0) is 13.1 Å². The fraction of sp³-hybridized carbons (Fsp3) is 0.444. The molecule has 0 radical (unpaired) electrons. The largest absolute Gasteiger partial charge is 0.325 e. The summed E-state index contributed by atoms with van der Waals surface area (Å²) in [5.41, 5.74) is 7.56. The van der Waals surface area contributed by atoms with Crippen molar-refractivity contribution in [3.63, 3.8) is 0 Å². The van der Waals surface area contributed by atoms with E-state index in [1.807, 2.05) is 17.8 Å². The van der Waals surface area contributed by atoms with E-state index < -0.39 is 0 Å². The summed E-state index contributed by atoms with van der Waals surface area (Å²) in [6.45, 7) is 3.27. The molecule has 12 heavy (non-hydrogen) atoms. The van der Waals surface area contributed by atoms with Gasteiger partial charge in [-0.15, -0.1) is 12.3 Å². The van der Waals surface area contributed by atoms with E-state index in [9.17, 15) is 0 Å². The van der Waals surface area contributed by atoms with Crippen molar-refractivity contribution in [2.24, 2.45) is 5.73 Å². The second-order valence-corrected chi connectivity index (χ2v) is 2.68. The Morgan fingerprint density at radius 2 is 2.50 bits per heavy atom. The number of terminal acetylenes is 1. The number of nitrogens with zero attached hydrogens (tertiary/aromatic N) is 2. The molecule has 0 spiro atoms. The number of hydrogen-bond acceptors (Lipinski definition) is 2. The molecular weight excluding hydrogens is 150 g/mol. The molecule has 3 heteroatoms. The van der Waals surface area contributed by atoms with Gasteiger partial charge in [-0.05, 0) is 12.5 Å². The normalized spacial score (nSPS) is 9.75. The molecule has 2 N–H and O–H groups in total. The smallest absolute Gasteiger partial charge is 0.0789 e. The maximum Gasteiger partial charge on any atom is 0.0789 e. The minimum absolute atomic E-state index is 0.495. The summed E-state index contributed by atoms with van der Waals surface area (Å²) >= 11 is 0. The molecule has 1 aromatic heterocycles. The molecule has 0 aliphatic rings. The van der Waals surface area contributed by atoms with Crippen molar-refractivity contribution in [1.29, 1.82) is 0 Å². The van der Waals surface area contributed by atoms with Gasteiger partial charge in [-0.25, -0.2) is 0 Å². The van der Waals surface area contributed by atoms with Crippen LogP contribution in [0.2, 0.25) is 0 Å². The second kappa shape index (κ2) is 3.93. The van der Waals surface area contributed by atoms with Crippen molar-refractivity contribution in [2.75, 3.05) is 0 Å². The van der Waals surface area contributed by atoms with E-state index in [1.165, 1.54) is 0 Å². The summed E-state index contributed by atoms with van der Waals surface area (Å²) in [4.78, 5) is 0. The van der Waals surface area contributed by atoms with Crippen LogP contribution in [0.1, 0.15) is 17.7 Å². The topological polar surface area (TPSA) is 43.8 Å². The molecule has 0 amide bonds. The zero-order valence-corrected chi connectivity index (χ0v) is 7.25. The molecule has 3 nitrogen and oxygen atoms in total. The Morgan fingerprint density at radius 1 is 1.75 bits per heavy atom. The highest BCUT2D eigenvalue weighted by Crippen LogP contribution is 2.03. The first kappa shape index (κ1) is 8.82. The number of rotatable bonds is 3. The molecule has 0 aliphatic carbocycles. The standard InChI is InChI=1S/C9H13N3/c1-3-4-5-12-7-8(2)9(6-10)11-12/h1,7H,4-6,10H2,2H3. The maximum absolute atomic E-state index is 5.48. The summed E-state index contributed by atoms with van der Waals surface area (Å²) < 4.78 is 1.84. The van der Waals surface area contributed by atoms with Crippen LogP contribution in [0.25, 0.3) is 0 Å². The highest BCUT2D eigenvalue weighted by Gasteiger charge is 2.01. The third-order valence-electron chi connectivity index (χ3n) is 1.73. The first-order valence-corrected chi connectivity index (χ1v) is 3.94. The van der Waals surface area contributed by atoms with E-state index >= 15 is 0 Å². The van der Waals surface area contributed by atoms with Crippen LogP contribution in [0.4, 0.5) is 0 Å². The molecule has 0 fully saturated rings. The molecule has 0 unspecified atom stereocenters. The first-order valence-electron chi connectivity index (χ1n) is 3.94. The monoisotopic (exact) mass is 163 g/mol. The second-order valence-electron chi connectivity index (χ2n) is 2.68. The van der Waals surface area contributed by atoms with Crippen molar-refractivity contribution in [1.82, 2.24) is 9.78 Å². The van der Waals surface area contributed by atoms with Gasteiger partial charge in [0.05, 0.1) is 12.2 Å². The Morgan fingerprint density at radius 3 is 3.00 bits per heavy atom. The van der Waals surface area contributed by atoms with Gasteiger partial charge in [0.1, 0.15) is 0 Å². The predicted octanol–water partition coefficient (Wildman–Crippen LogP) is 0.674. The zero-order chi connectivity index (χ0) is 8.97. The lowest BCUT2D eigenvalue weighted by atomic mass is 10.3. The molecule has 0 bridgehead atoms. The van der Waals surface area contributed by atoms with Gasteiger partial charge in [0.2, 0.25) is 0 Å². The number of aryl methyl sites for hydroxylation is 2. The maximum atomic E-state index is 5.48. The highest BCUT2D eigenvalue weighted by molar-refractivity contribution is 5.14. The third-order valence-corrected chi connectivity index (χ3v) is 1.73. The van der Waals surface area contributed by atoms with E-state index in [4.69, 9.17) is 12.2 Å². The molecule has 0 aromatic carbocycles. The van der Waals surface area contributed by atoms with E-state index in [-0.39, 0.29) is 0 Å². The summed E-state index contributed by atoms with van der Waals surface area (Å²) in [5, 5.41) is 4.26. The van der Waals surface area contributed by atoms with E-state index in [1.54, 1.807) is 0 Å². The molecule has 1 aromatic rings. The van der Waals surface area contributed by atoms with Crippen LogP contribution in [0.5, 0.6) is 0 Å². The van der Waals surface area contributed by atoms with Crippen LogP contribution >= 0.6 is 0 Å². The van der Waals surface area contributed by atoms with Gasteiger partial charge in [-0.2, -0.15) is 5.10 Å². The van der Waals surface area contributed by atoms with Gasteiger partial charge in [-0.3, -0.25) is 4.68 Å². The van der Waals surface area contributed by atoms with E-state index in [2.05, 4.69) is 11.0 Å². The van der Waals surface area contributed by atoms with E-state index in [0.29, 0.717) is 13.0 Å². The lowest BCUT2D eigenvalue weighted by Gasteiger charge is -1.94. The fourth-order valence-electron chi connectivity index (χ4n) is 1.06. The number of nitrogens with two attached hydrogens (primary N) is 1. The molecule has 64 valence electrons. The number of hydrogen-bond donors (Lipinski definition) is 1. The Kier molecular flexibility index (Phi) is 2.89. The highest BCUT2D eigenvalue weighted by atomic mass is 15.3. The van der Waals surface area contributed by atoms with Gasteiger partial charge in [-0.1, -0.05) is 0 Å². The van der Waals surface area contributed by atoms with E-state index in [0.717, 1.165) is 17.8 Å². The van der Waals surface area contributed by atoms with Crippen LogP contribution < -0.4 is 5.73 Å². The Balaban J connectivity index is 2.70. The third kappa shape index (κ3) is 1.86. The Labute approximate surface area is 72.6 Å². The first-order chi connectivity index (χ1) is 5.77. The Hall–Kier alpha value is -1.27. The van der Waals surface area contributed by atoms with Crippen molar-refractivity contribution in [2.45, 2.75) is 26.4 Å². The van der Waals surface area contributed by atoms with Gasteiger partial charge in [0.25, 0.3) is 0 Å². The molecule has 0 saturated carbocycles. The zero-order valence-electron chi connectivity index (χ0n) is 7.25. The van der Waals surface area contributed by atoms with Gasteiger partial charge >= 0.3 is 0 Å². The van der Waals surface area contributed by atoms with Crippen molar-refractivity contribution in [3.05, 3.63) is 17.5 Å². The lowest BCUT2D eigenvalue weighted by Crippen LogP contribution is -2.02. The van der Waals surface area contributed by atoms with Gasteiger partial charge < -0.3 is 5.73 Å². The molecule has 0 atom stereocenters. The molecular formula is C9H13N3. The van der Waals surface area contributed by atoms with Crippen LogP contribution in [0.3, 0.4) is 0 Å². The average molecular weight is 163 g/mol. The Bertz CT molecular complexity index is 293. The minimum atomic E-state index is 0.495. The SMILES string of the molecule is C#CCCn1cc(C)c(CN)n1. The van der Waals surface area contributed by atoms with Crippen LogP contribution in [-0.4, -0.2) is 9.78 Å². The number of aromatic nitrogens is 2. The van der Waals surface area contributed by atoms with Gasteiger partial charge in [0.15, 0.2) is 0 Å². The summed E-state index contributed by atoms with van der Waals surface area (Å²) in [7, 11) is 0. The van der Waals surface area contributed by atoms with Gasteiger partial charge in [0, 0.05) is 19.2 Å². The van der Waals surface area contributed by atoms with Crippen LogP contribution in [0.15, 0.2) is 6.20 Å². The summed E-state index contributed by atoms with van der Waals surface area (Å²) in [6, 6.07) is 0. The molecule has 0 saturated heterocycles. The van der Waals surface area contributed by atoms with Crippen molar-refractivity contribution < 1.29 is 0 Å². The summed E-state index contributed by atoms with van der Waals surface area (Å²) in [6.07, 6.45) is 7.82. The van der Waals surface area contributed by atoms with Crippen molar-refractivity contribution in [3.8, 4) is 12.3 Å². The molecule has 1 heterocycles. The fourth-order valence-corrected chi connectivity index (χ4v) is 1.06. The molecule has 1 rings (SSSR count). The quantitative estimate of drug-likeness (QED) is 0.666. The molecule has 0 aliphatic heterocycles. The van der Waals surface area contributed by atoms with Crippen LogP contribution in [0, 0.1) is 19.3 Å². The predicted molar refractivity (Wildman–Crippen MR) is 48.3 cm³/mol. The minimum Gasteiger partial charge on any atom is -0.325 e. The average Bonchev–Trinajstić information content (AvgIpc) is 2.43. The van der Waals surface area contributed by atoms with Crippen molar-refractivity contribution >= 4 is 0 Å².